The zero-order valence-corrected chi connectivity index (χ0v) is 17.6. The Balaban J connectivity index is 1.96. The molecule has 0 aliphatic carbocycles. The van der Waals surface area contributed by atoms with Crippen molar-refractivity contribution in [2.75, 3.05) is 6.54 Å². The van der Waals surface area contributed by atoms with Crippen LogP contribution in [0.2, 0.25) is 0 Å². The molecule has 0 unspecified atom stereocenters. The van der Waals surface area contributed by atoms with E-state index in [4.69, 9.17) is 4.98 Å². The minimum atomic E-state index is 0.0916. The summed E-state index contributed by atoms with van der Waals surface area (Å²) in [5.74, 6) is 1.27. The first-order valence-corrected chi connectivity index (χ1v) is 10.5. The number of guanidine groups is 1. The highest BCUT2D eigenvalue weighted by molar-refractivity contribution is 7.10. The molecular formula is C18H29N5S2. The normalized spacial score (nSPS) is 12.7. The highest BCUT2D eigenvalue weighted by Crippen LogP contribution is 2.25. The first-order chi connectivity index (χ1) is 11.8. The Morgan fingerprint density at radius 3 is 2.48 bits per heavy atom. The number of nitrogens with one attached hydrogen (secondary N) is 2. The van der Waals surface area contributed by atoms with Gasteiger partial charge in [0.15, 0.2) is 5.96 Å². The third kappa shape index (κ3) is 6.08. The van der Waals surface area contributed by atoms with Gasteiger partial charge in [-0.2, -0.15) is 0 Å². The summed E-state index contributed by atoms with van der Waals surface area (Å²) in [6.07, 6.45) is 0. The molecule has 2 N–H and O–H groups in total. The van der Waals surface area contributed by atoms with E-state index in [0.29, 0.717) is 19.0 Å². The molecule has 25 heavy (non-hydrogen) atoms. The summed E-state index contributed by atoms with van der Waals surface area (Å²) >= 11 is 3.40. The molecule has 2 rings (SSSR count). The van der Waals surface area contributed by atoms with Crippen LogP contribution < -0.4 is 10.6 Å². The predicted octanol–water partition coefficient (Wildman–Crippen LogP) is 4.28. The Morgan fingerprint density at radius 1 is 1.16 bits per heavy atom. The van der Waals surface area contributed by atoms with Gasteiger partial charge in [-0.25, -0.2) is 15.0 Å². The van der Waals surface area contributed by atoms with Gasteiger partial charge in [-0.3, -0.25) is 0 Å². The standard InChI is InChI=1S/C18H29N5S2/c1-7-19-17(21-9-15-23-14(11-24-15)12(2)3)20-8-13-10-25-16(22-13)18(4,5)6/h10-12H,7-9H2,1-6H3,(H2,19,20,21). The van der Waals surface area contributed by atoms with Crippen molar-refractivity contribution >= 4 is 28.6 Å². The molecule has 2 heterocycles. The van der Waals surface area contributed by atoms with Gasteiger partial charge in [-0.1, -0.05) is 34.6 Å². The lowest BCUT2D eigenvalue weighted by Crippen LogP contribution is -2.36. The van der Waals surface area contributed by atoms with E-state index in [1.165, 1.54) is 0 Å². The van der Waals surface area contributed by atoms with Crippen LogP contribution >= 0.6 is 22.7 Å². The fourth-order valence-corrected chi connectivity index (χ4v) is 3.85. The van der Waals surface area contributed by atoms with Gasteiger partial charge in [0.1, 0.15) is 5.01 Å². The summed E-state index contributed by atoms with van der Waals surface area (Å²) in [4.78, 5) is 14.0. The summed E-state index contributed by atoms with van der Waals surface area (Å²) in [5.41, 5.74) is 2.26. The SMILES string of the molecule is CCNC(=NCc1csc(C(C)(C)C)n1)NCc1nc(C(C)C)cs1. The second-order valence-electron chi connectivity index (χ2n) is 7.26. The predicted molar refractivity (Wildman–Crippen MR) is 109 cm³/mol. The average Bonchev–Trinajstić information content (AvgIpc) is 3.18. The molecule has 0 fully saturated rings. The molecule has 0 aliphatic heterocycles. The molecule has 0 aromatic carbocycles. The molecule has 0 saturated heterocycles. The lowest BCUT2D eigenvalue weighted by molar-refractivity contribution is 0.583. The Labute approximate surface area is 159 Å². The molecule has 2 aromatic heterocycles. The van der Waals surface area contributed by atoms with Gasteiger partial charge in [-0.05, 0) is 12.8 Å². The summed E-state index contributed by atoms with van der Waals surface area (Å²) in [7, 11) is 0. The second-order valence-corrected chi connectivity index (χ2v) is 9.06. The average molecular weight is 380 g/mol. The van der Waals surface area contributed by atoms with Crippen LogP contribution in [0, 0.1) is 0 Å². The highest BCUT2D eigenvalue weighted by Gasteiger charge is 2.17. The molecule has 0 atom stereocenters. The van der Waals surface area contributed by atoms with Crippen molar-refractivity contribution in [2.45, 2.75) is 66.0 Å². The number of thiazole rings is 2. The van der Waals surface area contributed by atoms with Gasteiger partial charge in [0.05, 0.1) is 29.5 Å². The number of hydrogen-bond acceptors (Lipinski definition) is 5. The van der Waals surface area contributed by atoms with E-state index in [9.17, 15) is 0 Å². The minimum Gasteiger partial charge on any atom is -0.357 e. The van der Waals surface area contributed by atoms with E-state index in [-0.39, 0.29) is 5.41 Å². The van der Waals surface area contributed by atoms with Gasteiger partial charge in [0.25, 0.3) is 0 Å². The van der Waals surface area contributed by atoms with Crippen molar-refractivity contribution < 1.29 is 0 Å². The number of aromatic nitrogens is 2. The summed E-state index contributed by atoms with van der Waals surface area (Å²) in [5, 5.41) is 13.1. The lowest BCUT2D eigenvalue weighted by atomic mass is 9.98. The van der Waals surface area contributed by atoms with Crippen molar-refractivity contribution in [1.29, 1.82) is 0 Å². The molecule has 5 nitrogen and oxygen atoms in total. The molecule has 2 aromatic rings. The van der Waals surface area contributed by atoms with Crippen LogP contribution in [0.25, 0.3) is 0 Å². The maximum absolute atomic E-state index is 4.70. The highest BCUT2D eigenvalue weighted by atomic mass is 32.1. The number of rotatable bonds is 6. The molecule has 0 bridgehead atoms. The lowest BCUT2D eigenvalue weighted by Gasteiger charge is -2.13. The Hall–Kier alpha value is -1.47. The summed E-state index contributed by atoms with van der Waals surface area (Å²) in [6, 6.07) is 0. The van der Waals surface area contributed by atoms with E-state index < -0.39 is 0 Å². The van der Waals surface area contributed by atoms with Crippen LogP contribution in [-0.4, -0.2) is 22.5 Å². The third-order valence-electron chi connectivity index (χ3n) is 3.50. The Bertz CT molecular complexity index is 694. The summed E-state index contributed by atoms with van der Waals surface area (Å²) < 4.78 is 0. The Kier molecular flexibility index (Phi) is 6.95. The van der Waals surface area contributed by atoms with Crippen molar-refractivity contribution in [3.63, 3.8) is 0 Å². The van der Waals surface area contributed by atoms with Crippen molar-refractivity contribution in [3.8, 4) is 0 Å². The van der Waals surface area contributed by atoms with Crippen LogP contribution in [-0.2, 0) is 18.5 Å². The van der Waals surface area contributed by atoms with E-state index in [1.54, 1.807) is 22.7 Å². The van der Waals surface area contributed by atoms with Crippen LogP contribution in [0.1, 0.15) is 68.9 Å². The van der Waals surface area contributed by atoms with Gasteiger partial charge in [0.2, 0.25) is 0 Å². The largest absolute Gasteiger partial charge is 0.357 e. The van der Waals surface area contributed by atoms with Crippen LogP contribution in [0.15, 0.2) is 15.8 Å². The summed E-state index contributed by atoms with van der Waals surface area (Å²) in [6.45, 7) is 15.0. The van der Waals surface area contributed by atoms with Gasteiger partial charge in [0, 0.05) is 22.7 Å². The van der Waals surface area contributed by atoms with Crippen LogP contribution in [0.4, 0.5) is 0 Å². The second kappa shape index (κ2) is 8.76. The van der Waals surface area contributed by atoms with Gasteiger partial charge in [-0.15, -0.1) is 22.7 Å². The smallest absolute Gasteiger partial charge is 0.191 e. The van der Waals surface area contributed by atoms with Crippen molar-refractivity contribution in [3.05, 3.63) is 32.2 Å². The molecule has 0 radical (unpaired) electrons. The maximum atomic E-state index is 4.70. The van der Waals surface area contributed by atoms with E-state index in [0.717, 1.165) is 33.9 Å². The molecule has 7 heteroatoms. The number of aliphatic imine (C=N–C) groups is 1. The zero-order chi connectivity index (χ0) is 18.4. The molecular weight excluding hydrogens is 350 g/mol. The fraction of sp³-hybridized carbons (Fsp3) is 0.611. The number of nitrogens with zero attached hydrogens (tertiary/aromatic N) is 3. The number of hydrogen-bond donors (Lipinski definition) is 2. The monoisotopic (exact) mass is 379 g/mol. The first kappa shape index (κ1) is 19.8. The topological polar surface area (TPSA) is 62.2 Å². The quantitative estimate of drug-likeness (QED) is 0.581. The Morgan fingerprint density at radius 2 is 1.92 bits per heavy atom. The van der Waals surface area contributed by atoms with E-state index in [2.05, 4.69) is 72.9 Å². The van der Waals surface area contributed by atoms with E-state index in [1.807, 2.05) is 0 Å². The van der Waals surface area contributed by atoms with Crippen molar-refractivity contribution in [1.82, 2.24) is 20.6 Å². The molecule has 0 spiro atoms. The molecule has 0 saturated carbocycles. The van der Waals surface area contributed by atoms with Crippen LogP contribution in [0.5, 0.6) is 0 Å². The third-order valence-corrected chi connectivity index (χ3v) is 5.69. The van der Waals surface area contributed by atoms with Crippen LogP contribution in [0.3, 0.4) is 0 Å². The fourth-order valence-electron chi connectivity index (χ4n) is 2.06. The van der Waals surface area contributed by atoms with Gasteiger partial charge < -0.3 is 10.6 Å². The van der Waals surface area contributed by atoms with E-state index >= 15 is 0 Å². The maximum Gasteiger partial charge on any atom is 0.191 e. The van der Waals surface area contributed by atoms with Gasteiger partial charge >= 0.3 is 0 Å². The molecule has 0 aliphatic rings. The first-order valence-electron chi connectivity index (χ1n) is 8.71. The minimum absolute atomic E-state index is 0.0916. The van der Waals surface area contributed by atoms with Crippen molar-refractivity contribution in [2.24, 2.45) is 4.99 Å². The molecule has 138 valence electrons. The molecule has 0 amide bonds. The zero-order valence-electron chi connectivity index (χ0n) is 16.0.